The second kappa shape index (κ2) is 7.68. The highest BCUT2D eigenvalue weighted by molar-refractivity contribution is 6.02. The molecule has 1 aliphatic rings. The summed E-state index contributed by atoms with van der Waals surface area (Å²) in [5.41, 5.74) is 3.00. The second-order valence-electron chi connectivity index (χ2n) is 7.76. The number of rotatable bonds is 4. The molecule has 5 heteroatoms. The number of aromatic nitrogens is 2. The second-order valence-corrected chi connectivity index (χ2v) is 7.76. The van der Waals surface area contributed by atoms with Crippen LogP contribution in [0.25, 0.3) is 21.8 Å². The molecule has 0 unspecified atom stereocenters. The Morgan fingerprint density at radius 3 is 2.62 bits per heavy atom. The summed E-state index contributed by atoms with van der Waals surface area (Å²) >= 11 is 0. The number of aromatic amines is 1. The monoisotopic (exact) mass is 384 g/mol. The van der Waals surface area contributed by atoms with Crippen LogP contribution in [0.4, 0.5) is 5.69 Å². The number of carbonyl (C=O) groups is 1. The molecular formula is C24H24N4O. The largest absolute Gasteiger partial charge is 0.342 e. The number of piperidine rings is 1. The van der Waals surface area contributed by atoms with E-state index in [1.807, 2.05) is 48.5 Å². The van der Waals surface area contributed by atoms with Crippen LogP contribution in [0.15, 0.2) is 66.7 Å². The Balaban J connectivity index is 1.19. The normalized spacial score (nSPS) is 15.7. The summed E-state index contributed by atoms with van der Waals surface area (Å²) in [6.07, 6.45) is 2.03. The molecule has 2 N–H and O–H groups in total. The standard InChI is InChI=1S/C24H24N4O/c29-23(25-20-11-5-7-17-6-1-2-8-19(17)20)16-28-14-12-18(13-15-28)24-26-21-9-3-4-10-22(21)27-24/h1-11,18H,12-16H2,(H,25,29)(H,26,27). The van der Waals surface area contributed by atoms with Crippen molar-refractivity contribution in [2.24, 2.45) is 0 Å². The van der Waals surface area contributed by atoms with E-state index in [9.17, 15) is 4.79 Å². The molecule has 4 aromatic rings. The van der Waals surface area contributed by atoms with Crippen molar-refractivity contribution in [3.05, 3.63) is 72.6 Å². The molecule has 1 aromatic heterocycles. The van der Waals surface area contributed by atoms with E-state index in [0.29, 0.717) is 12.5 Å². The van der Waals surface area contributed by atoms with Gasteiger partial charge in [0.15, 0.2) is 0 Å². The molecule has 0 aliphatic carbocycles. The van der Waals surface area contributed by atoms with Gasteiger partial charge in [-0.25, -0.2) is 4.98 Å². The highest BCUT2D eigenvalue weighted by Gasteiger charge is 2.24. The molecule has 2 heterocycles. The van der Waals surface area contributed by atoms with E-state index in [4.69, 9.17) is 4.98 Å². The number of amides is 1. The Hall–Kier alpha value is -3.18. The first kappa shape index (κ1) is 17.9. The Labute approximate surface area is 169 Å². The van der Waals surface area contributed by atoms with Crippen molar-refractivity contribution in [3.8, 4) is 0 Å². The number of anilines is 1. The predicted octanol–water partition coefficient (Wildman–Crippen LogP) is 4.53. The van der Waals surface area contributed by atoms with Crippen molar-refractivity contribution in [1.82, 2.24) is 14.9 Å². The zero-order valence-electron chi connectivity index (χ0n) is 16.3. The van der Waals surface area contributed by atoms with Gasteiger partial charge in [0.05, 0.1) is 17.6 Å². The van der Waals surface area contributed by atoms with E-state index in [-0.39, 0.29) is 5.91 Å². The van der Waals surface area contributed by atoms with Crippen molar-refractivity contribution in [1.29, 1.82) is 0 Å². The minimum atomic E-state index is 0.0449. The van der Waals surface area contributed by atoms with Gasteiger partial charge in [-0.05, 0) is 49.5 Å². The molecule has 0 bridgehead atoms. The zero-order chi connectivity index (χ0) is 19.6. The first-order valence-corrected chi connectivity index (χ1v) is 10.2. The fourth-order valence-electron chi connectivity index (χ4n) is 4.26. The maximum Gasteiger partial charge on any atom is 0.238 e. The number of hydrogen-bond donors (Lipinski definition) is 2. The molecule has 1 fully saturated rings. The molecule has 3 aromatic carbocycles. The SMILES string of the molecule is O=C(CN1CCC(c2nc3ccccc3[nH]2)CC1)Nc1cccc2ccccc12. The Kier molecular flexibility index (Phi) is 4.74. The molecule has 0 saturated carbocycles. The van der Waals surface area contributed by atoms with Crippen LogP contribution in [0.5, 0.6) is 0 Å². The van der Waals surface area contributed by atoms with Crippen molar-refractivity contribution in [3.63, 3.8) is 0 Å². The lowest BCUT2D eigenvalue weighted by atomic mass is 9.96. The van der Waals surface area contributed by atoms with Gasteiger partial charge in [0, 0.05) is 17.0 Å². The highest BCUT2D eigenvalue weighted by atomic mass is 16.2. The van der Waals surface area contributed by atoms with E-state index < -0.39 is 0 Å². The van der Waals surface area contributed by atoms with Crippen molar-refractivity contribution in [2.45, 2.75) is 18.8 Å². The van der Waals surface area contributed by atoms with E-state index in [2.05, 4.69) is 33.4 Å². The Bertz CT molecular complexity index is 1120. The number of likely N-dealkylation sites (tertiary alicyclic amines) is 1. The van der Waals surface area contributed by atoms with E-state index in [1.54, 1.807) is 0 Å². The molecule has 29 heavy (non-hydrogen) atoms. The minimum Gasteiger partial charge on any atom is -0.342 e. The fraction of sp³-hybridized carbons (Fsp3) is 0.250. The summed E-state index contributed by atoms with van der Waals surface area (Å²) in [7, 11) is 0. The average molecular weight is 384 g/mol. The number of fused-ring (bicyclic) bond motifs is 2. The van der Waals surface area contributed by atoms with Crippen LogP contribution in [0.1, 0.15) is 24.6 Å². The minimum absolute atomic E-state index is 0.0449. The summed E-state index contributed by atoms with van der Waals surface area (Å²) in [6, 6.07) is 22.3. The van der Waals surface area contributed by atoms with Crippen molar-refractivity contribution < 1.29 is 4.79 Å². The molecule has 0 radical (unpaired) electrons. The van der Waals surface area contributed by atoms with Crippen molar-refractivity contribution >= 4 is 33.4 Å². The number of imidazole rings is 1. The summed E-state index contributed by atoms with van der Waals surface area (Å²) in [4.78, 5) is 23.1. The molecule has 0 atom stereocenters. The van der Waals surface area contributed by atoms with Crippen LogP contribution in [0.3, 0.4) is 0 Å². The molecule has 5 nitrogen and oxygen atoms in total. The number of benzene rings is 3. The van der Waals surface area contributed by atoms with E-state index in [0.717, 1.165) is 59.2 Å². The highest BCUT2D eigenvalue weighted by Crippen LogP contribution is 2.28. The third-order valence-corrected chi connectivity index (χ3v) is 5.81. The van der Waals surface area contributed by atoms with Crippen LogP contribution in [-0.2, 0) is 4.79 Å². The molecular weight excluding hydrogens is 360 g/mol. The fourth-order valence-corrected chi connectivity index (χ4v) is 4.26. The van der Waals surface area contributed by atoms with Crippen LogP contribution < -0.4 is 5.32 Å². The van der Waals surface area contributed by atoms with E-state index in [1.165, 1.54) is 0 Å². The van der Waals surface area contributed by atoms with Crippen LogP contribution >= 0.6 is 0 Å². The predicted molar refractivity (Wildman–Crippen MR) is 117 cm³/mol. The number of para-hydroxylation sites is 2. The Morgan fingerprint density at radius 1 is 1.00 bits per heavy atom. The van der Waals surface area contributed by atoms with Crippen LogP contribution in [0.2, 0.25) is 0 Å². The number of H-pyrrole nitrogens is 1. The van der Waals surface area contributed by atoms with Gasteiger partial charge < -0.3 is 10.3 Å². The lowest BCUT2D eigenvalue weighted by Gasteiger charge is -2.30. The maximum atomic E-state index is 12.6. The number of carbonyl (C=O) groups excluding carboxylic acids is 1. The molecule has 1 saturated heterocycles. The number of hydrogen-bond acceptors (Lipinski definition) is 3. The van der Waals surface area contributed by atoms with Gasteiger partial charge >= 0.3 is 0 Å². The lowest BCUT2D eigenvalue weighted by molar-refractivity contribution is -0.117. The van der Waals surface area contributed by atoms with Crippen molar-refractivity contribution in [2.75, 3.05) is 25.0 Å². The maximum absolute atomic E-state index is 12.6. The summed E-state index contributed by atoms with van der Waals surface area (Å²) in [5, 5.41) is 5.31. The van der Waals surface area contributed by atoms with Gasteiger partial charge in [-0.3, -0.25) is 9.69 Å². The van der Waals surface area contributed by atoms with Crippen LogP contribution in [0, 0.1) is 0 Å². The third-order valence-electron chi connectivity index (χ3n) is 5.81. The van der Waals surface area contributed by atoms with Gasteiger partial charge in [-0.1, -0.05) is 48.5 Å². The lowest BCUT2D eigenvalue weighted by Crippen LogP contribution is -2.38. The molecule has 0 spiro atoms. The molecule has 5 rings (SSSR count). The summed E-state index contributed by atoms with van der Waals surface area (Å²) in [5.74, 6) is 1.55. The first-order chi connectivity index (χ1) is 14.3. The van der Waals surface area contributed by atoms with Gasteiger partial charge in [0.1, 0.15) is 5.82 Å². The van der Waals surface area contributed by atoms with Gasteiger partial charge in [0.2, 0.25) is 5.91 Å². The van der Waals surface area contributed by atoms with Crippen LogP contribution in [-0.4, -0.2) is 40.4 Å². The van der Waals surface area contributed by atoms with Gasteiger partial charge in [-0.15, -0.1) is 0 Å². The smallest absolute Gasteiger partial charge is 0.238 e. The average Bonchev–Trinajstić information content (AvgIpc) is 3.19. The molecule has 1 aliphatic heterocycles. The van der Waals surface area contributed by atoms with E-state index >= 15 is 0 Å². The Morgan fingerprint density at radius 2 is 1.76 bits per heavy atom. The number of nitrogens with one attached hydrogen (secondary N) is 2. The zero-order valence-corrected chi connectivity index (χ0v) is 16.3. The third kappa shape index (κ3) is 3.74. The topological polar surface area (TPSA) is 61.0 Å². The number of nitrogens with zero attached hydrogens (tertiary/aromatic N) is 2. The summed E-state index contributed by atoms with van der Waals surface area (Å²) < 4.78 is 0. The quantitative estimate of drug-likeness (QED) is 0.543. The first-order valence-electron chi connectivity index (χ1n) is 10.2. The molecule has 146 valence electrons. The summed E-state index contributed by atoms with van der Waals surface area (Å²) in [6.45, 7) is 2.24. The van der Waals surface area contributed by atoms with Gasteiger partial charge in [0.25, 0.3) is 0 Å². The molecule has 1 amide bonds. The van der Waals surface area contributed by atoms with Gasteiger partial charge in [-0.2, -0.15) is 0 Å².